The predicted molar refractivity (Wildman–Crippen MR) is 54.9 cm³/mol. The first-order valence-corrected chi connectivity index (χ1v) is 6.08. The van der Waals surface area contributed by atoms with E-state index in [4.69, 9.17) is 0 Å². The lowest BCUT2D eigenvalue weighted by atomic mass is 9.69. The molecule has 0 aromatic rings. The summed E-state index contributed by atoms with van der Waals surface area (Å²) < 4.78 is 0. The number of carbonyl (C=O) groups is 1. The second kappa shape index (κ2) is 3.34. The van der Waals surface area contributed by atoms with Gasteiger partial charge in [0.05, 0.1) is 6.04 Å². The van der Waals surface area contributed by atoms with Crippen molar-refractivity contribution in [2.75, 3.05) is 0 Å². The molecule has 4 fully saturated rings. The van der Waals surface area contributed by atoms with Gasteiger partial charge < -0.3 is 10.1 Å². The van der Waals surface area contributed by atoms with E-state index in [0.717, 1.165) is 18.1 Å². The molecule has 14 heavy (non-hydrogen) atoms. The Morgan fingerprint density at radius 1 is 1.21 bits per heavy atom. The second-order valence-electron chi connectivity index (χ2n) is 5.45. The average Bonchev–Trinajstić information content (AvgIpc) is 3.02. The monoisotopic (exact) mass is 193 g/mol. The number of nitrogens with one attached hydrogen (secondary N) is 1. The lowest BCUT2D eigenvalue weighted by molar-refractivity contribution is -0.113. The highest BCUT2D eigenvalue weighted by molar-refractivity contribution is 5.59. The summed E-state index contributed by atoms with van der Waals surface area (Å²) in [5, 5.41) is 3.52. The fourth-order valence-corrected chi connectivity index (χ4v) is 3.42. The molecule has 0 aromatic heterocycles. The van der Waals surface area contributed by atoms with Crippen molar-refractivity contribution in [1.29, 1.82) is 0 Å². The van der Waals surface area contributed by atoms with E-state index < -0.39 is 0 Å². The van der Waals surface area contributed by atoms with Crippen LogP contribution in [0.5, 0.6) is 0 Å². The largest absolute Gasteiger partial charge is 0.304 e. The number of fused-ring (bicyclic) bond motifs is 3. The van der Waals surface area contributed by atoms with Crippen molar-refractivity contribution in [1.82, 2.24) is 5.32 Å². The summed E-state index contributed by atoms with van der Waals surface area (Å²) in [6.45, 7) is 0. The Bertz CT molecular complexity index is 236. The molecule has 78 valence electrons. The first kappa shape index (κ1) is 8.90. The van der Waals surface area contributed by atoms with Gasteiger partial charge in [-0.3, -0.25) is 0 Å². The number of piperidine rings is 2. The minimum absolute atomic E-state index is 0.184. The Hall–Kier alpha value is -0.370. The van der Waals surface area contributed by atoms with E-state index in [9.17, 15) is 4.79 Å². The van der Waals surface area contributed by atoms with Crippen LogP contribution in [0.15, 0.2) is 0 Å². The molecule has 1 N–H and O–H groups in total. The zero-order chi connectivity index (χ0) is 9.54. The fourth-order valence-electron chi connectivity index (χ4n) is 3.42. The summed E-state index contributed by atoms with van der Waals surface area (Å²) in [6, 6.07) is 0.847. The second-order valence-corrected chi connectivity index (χ2v) is 5.45. The number of rotatable bonds is 3. The fraction of sp³-hybridized carbons (Fsp3) is 0.917. The van der Waals surface area contributed by atoms with Gasteiger partial charge in [-0.1, -0.05) is 12.8 Å². The van der Waals surface area contributed by atoms with Gasteiger partial charge in [-0.05, 0) is 43.4 Å². The van der Waals surface area contributed by atoms with Crippen molar-refractivity contribution in [2.24, 2.45) is 17.8 Å². The van der Waals surface area contributed by atoms with Crippen molar-refractivity contribution >= 4 is 6.29 Å². The Morgan fingerprint density at radius 2 is 2.07 bits per heavy atom. The highest BCUT2D eigenvalue weighted by atomic mass is 16.1. The Kier molecular flexibility index (Phi) is 2.12. The van der Waals surface area contributed by atoms with Gasteiger partial charge in [-0.25, -0.2) is 0 Å². The molecule has 2 saturated heterocycles. The molecule has 0 unspecified atom stereocenters. The maximum Gasteiger partial charge on any atom is 0.137 e. The minimum atomic E-state index is 0.184. The molecule has 0 amide bonds. The summed E-state index contributed by atoms with van der Waals surface area (Å²) in [6.07, 6.45) is 9.39. The molecule has 2 nitrogen and oxygen atoms in total. The lowest BCUT2D eigenvalue weighted by Crippen LogP contribution is -2.57. The summed E-state index contributed by atoms with van der Waals surface area (Å²) in [4.78, 5) is 10.8. The zero-order valence-corrected chi connectivity index (χ0v) is 8.61. The molecular weight excluding hydrogens is 174 g/mol. The van der Waals surface area contributed by atoms with E-state index >= 15 is 0 Å². The van der Waals surface area contributed by atoms with Crippen LogP contribution in [0.25, 0.3) is 0 Å². The summed E-state index contributed by atoms with van der Waals surface area (Å²) in [5.41, 5.74) is 0. The van der Waals surface area contributed by atoms with Crippen LogP contribution in [0.3, 0.4) is 0 Å². The maximum absolute atomic E-state index is 10.8. The van der Waals surface area contributed by atoms with Crippen LogP contribution >= 0.6 is 0 Å². The average molecular weight is 193 g/mol. The first-order valence-electron chi connectivity index (χ1n) is 6.08. The van der Waals surface area contributed by atoms with E-state index in [0.29, 0.717) is 12.0 Å². The topological polar surface area (TPSA) is 29.1 Å². The summed E-state index contributed by atoms with van der Waals surface area (Å²) >= 11 is 0. The summed E-state index contributed by atoms with van der Waals surface area (Å²) in [5.74, 6) is 2.58. The molecular formula is C12H19NO. The van der Waals surface area contributed by atoms with E-state index in [1.54, 1.807) is 0 Å². The van der Waals surface area contributed by atoms with Crippen LogP contribution in [0.1, 0.15) is 38.5 Å². The van der Waals surface area contributed by atoms with Crippen LogP contribution in [-0.2, 0) is 4.79 Å². The number of aldehydes is 1. The van der Waals surface area contributed by atoms with Gasteiger partial charge in [0.2, 0.25) is 0 Å². The van der Waals surface area contributed by atoms with Crippen LogP contribution in [0.2, 0.25) is 0 Å². The Labute approximate surface area is 85.4 Å². The number of hydrogen-bond donors (Lipinski definition) is 1. The lowest BCUT2D eigenvalue weighted by Gasteiger charge is -2.46. The van der Waals surface area contributed by atoms with Crippen LogP contribution < -0.4 is 5.32 Å². The van der Waals surface area contributed by atoms with Gasteiger partial charge in [0, 0.05) is 6.04 Å². The van der Waals surface area contributed by atoms with Crippen molar-refractivity contribution in [3.05, 3.63) is 0 Å². The van der Waals surface area contributed by atoms with Crippen molar-refractivity contribution in [2.45, 2.75) is 50.6 Å². The number of hydrogen-bond acceptors (Lipinski definition) is 2. The minimum Gasteiger partial charge on any atom is -0.304 e. The highest BCUT2D eigenvalue weighted by Gasteiger charge is 2.42. The van der Waals surface area contributed by atoms with Crippen LogP contribution in [0.4, 0.5) is 0 Å². The smallest absolute Gasteiger partial charge is 0.137 e. The van der Waals surface area contributed by atoms with Crippen molar-refractivity contribution in [3.63, 3.8) is 0 Å². The standard InChI is InChI=1S/C12H19NO/c14-7-12-9-3-4-11(13-12)10(6-9)5-8-1-2-8/h7-13H,1-6H2/t9-,10+,11+,12-/m1/s1. The van der Waals surface area contributed by atoms with Gasteiger partial charge in [-0.15, -0.1) is 0 Å². The van der Waals surface area contributed by atoms with Crippen LogP contribution in [0, 0.1) is 17.8 Å². The molecule has 4 atom stereocenters. The predicted octanol–water partition coefficient (Wildman–Crippen LogP) is 1.74. The van der Waals surface area contributed by atoms with E-state index in [1.807, 2.05) is 0 Å². The van der Waals surface area contributed by atoms with Crippen molar-refractivity contribution in [3.8, 4) is 0 Å². The molecule has 4 rings (SSSR count). The third kappa shape index (κ3) is 1.50. The van der Waals surface area contributed by atoms with Crippen molar-refractivity contribution < 1.29 is 4.79 Å². The molecule has 2 aliphatic carbocycles. The normalized spacial score (nSPS) is 46.6. The SMILES string of the molecule is O=C[C@H]1N[C@H]2CC[C@@H]1C[C@@H]2CC1CC1. The molecule has 0 spiro atoms. The third-order valence-corrected chi connectivity index (χ3v) is 4.42. The van der Waals surface area contributed by atoms with Gasteiger partial charge >= 0.3 is 0 Å². The van der Waals surface area contributed by atoms with Gasteiger partial charge in [-0.2, -0.15) is 0 Å². The Morgan fingerprint density at radius 3 is 2.64 bits per heavy atom. The van der Waals surface area contributed by atoms with E-state index in [-0.39, 0.29) is 6.04 Å². The van der Waals surface area contributed by atoms with Gasteiger partial charge in [0.1, 0.15) is 6.29 Å². The zero-order valence-electron chi connectivity index (χ0n) is 8.61. The van der Waals surface area contributed by atoms with Gasteiger partial charge in [0.25, 0.3) is 0 Å². The molecule has 2 heteroatoms. The third-order valence-electron chi connectivity index (χ3n) is 4.42. The molecule has 0 radical (unpaired) electrons. The van der Waals surface area contributed by atoms with Crippen LogP contribution in [-0.4, -0.2) is 18.4 Å². The molecule has 0 aromatic carbocycles. The molecule has 4 aliphatic rings. The Balaban J connectivity index is 1.65. The quantitative estimate of drug-likeness (QED) is 0.692. The van der Waals surface area contributed by atoms with E-state index in [2.05, 4.69) is 5.32 Å². The summed E-state index contributed by atoms with van der Waals surface area (Å²) in [7, 11) is 0. The molecule has 2 bridgehead atoms. The highest BCUT2D eigenvalue weighted by Crippen LogP contribution is 2.44. The molecule has 2 aliphatic heterocycles. The number of carbonyl (C=O) groups excluding carboxylic acids is 1. The molecule has 2 saturated carbocycles. The van der Waals surface area contributed by atoms with Gasteiger partial charge in [0.15, 0.2) is 0 Å². The first-order chi connectivity index (χ1) is 6.86. The molecule has 2 heterocycles. The van der Waals surface area contributed by atoms with E-state index in [1.165, 1.54) is 38.5 Å². The maximum atomic E-state index is 10.8.